The van der Waals surface area contributed by atoms with E-state index in [1.165, 1.54) is 10.5 Å². The predicted octanol–water partition coefficient (Wildman–Crippen LogP) is 5.10. The van der Waals surface area contributed by atoms with Crippen LogP contribution in [0, 0.1) is 0 Å². The van der Waals surface area contributed by atoms with Crippen LogP contribution in [0.3, 0.4) is 0 Å². The summed E-state index contributed by atoms with van der Waals surface area (Å²) in [6.07, 6.45) is 1.25. The second kappa shape index (κ2) is 8.80. The van der Waals surface area contributed by atoms with E-state index in [9.17, 15) is 4.79 Å². The summed E-state index contributed by atoms with van der Waals surface area (Å²) in [6.45, 7) is 2.58. The molecule has 1 aliphatic rings. The lowest BCUT2D eigenvalue weighted by atomic mass is 10.0. The summed E-state index contributed by atoms with van der Waals surface area (Å²) in [5, 5.41) is 6.03. The lowest BCUT2D eigenvalue weighted by Crippen LogP contribution is -2.31. The Labute approximate surface area is 173 Å². The Morgan fingerprint density at radius 3 is 2.93 bits per heavy atom. The van der Waals surface area contributed by atoms with Crippen LogP contribution in [0.25, 0.3) is 10.6 Å². The number of thiazole rings is 1. The molecule has 28 heavy (non-hydrogen) atoms. The normalized spacial score (nSPS) is 15.7. The Balaban J connectivity index is 1.44. The molecule has 0 radical (unpaired) electrons. The highest BCUT2D eigenvalue weighted by atomic mass is 32.2. The van der Waals surface area contributed by atoms with E-state index >= 15 is 0 Å². The van der Waals surface area contributed by atoms with Crippen molar-refractivity contribution in [3.63, 3.8) is 0 Å². The molecule has 1 amide bonds. The van der Waals surface area contributed by atoms with Crippen molar-refractivity contribution in [3.05, 3.63) is 65.2 Å². The molecule has 0 aliphatic carbocycles. The highest BCUT2D eigenvalue weighted by Crippen LogP contribution is 2.36. The second-order valence-electron chi connectivity index (χ2n) is 6.55. The van der Waals surface area contributed by atoms with E-state index in [2.05, 4.69) is 22.4 Å². The first-order valence-electron chi connectivity index (χ1n) is 9.42. The van der Waals surface area contributed by atoms with Gasteiger partial charge in [-0.1, -0.05) is 30.3 Å². The number of fused-ring (bicyclic) bond motifs is 1. The number of hydrogen-bond donors (Lipinski definition) is 1. The van der Waals surface area contributed by atoms with Gasteiger partial charge in [0.05, 0.1) is 30.3 Å². The lowest BCUT2D eigenvalue weighted by molar-refractivity contribution is -0.121. The Morgan fingerprint density at radius 2 is 2.04 bits per heavy atom. The minimum Gasteiger partial charge on any atom is -0.493 e. The monoisotopic (exact) mass is 410 g/mol. The second-order valence-corrected chi connectivity index (χ2v) is 8.54. The molecule has 144 valence electrons. The van der Waals surface area contributed by atoms with Crippen molar-refractivity contribution >= 4 is 29.0 Å². The molecule has 1 unspecified atom stereocenters. The van der Waals surface area contributed by atoms with Crippen LogP contribution < -0.4 is 10.1 Å². The maximum Gasteiger partial charge on any atom is 0.226 e. The molecule has 1 atom stereocenters. The van der Waals surface area contributed by atoms with Crippen molar-refractivity contribution in [1.82, 2.24) is 10.3 Å². The first kappa shape index (κ1) is 19.0. The fourth-order valence-electron chi connectivity index (χ4n) is 3.34. The highest BCUT2D eigenvalue weighted by molar-refractivity contribution is 7.99. The molecule has 4 nitrogen and oxygen atoms in total. The standard InChI is InChI=1S/C22H22N2O2S2/c1-2-26-19-9-5-3-8-17(19)22-23-15(14-28-22)13-21(25)24-18-11-12-27-20-10-6-4-7-16(18)20/h3-10,14,18H,2,11-13H2,1H3,(H,24,25). The van der Waals surface area contributed by atoms with Crippen LogP contribution in [-0.4, -0.2) is 23.3 Å². The first-order chi connectivity index (χ1) is 13.7. The number of aromatic nitrogens is 1. The van der Waals surface area contributed by atoms with E-state index in [1.807, 2.05) is 60.5 Å². The molecule has 0 bridgehead atoms. The molecular formula is C22H22N2O2S2. The number of ether oxygens (including phenoxy) is 1. The minimum absolute atomic E-state index is 0.0154. The van der Waals surface area contributed by atoms with Gasteiger partial charge >= 0.3 is 0 Å². The van der Waals surface area contributed by atoms with E-state index in [1.54, 1.807) is 11.3 Å². The van der Waals surface area contributed by atoms with Gasteiger partial charge in [0.15, 0.2) is 0 Å². The van der Waals surface area contributed by atoms with Gasteiger partial charge in [-0.05, 0) is 37.1 Å². The van der Waals surface area contributed by atoms with Crippen molar-refractivity contribution in [1.29, 1.82) is 0 Å². The number of carbonyl (C=O) groups is 1. The summed E-state index contributed by atoms with van der Waals surface area (Å²) in [5.74, 6) is 1.87. The van der Waals surface area contributed by atoms with Gasteiger partial charge in [-0.25, -0.2) is 4.98 Å². The summed E-state index contributed by atoms with van der Waals surface area (Å²) in [7, 11) is 0. The van der Waals surface area contributed by atoms with Crippen LogP contribution in [0.2, 0.25) is 0 Å². The number of hydrogen-bond acceptors (Lipinski definition) is 5. The van der Waals surface area contributed by atoms with E-state index in [-0.39, 0.29) is 11.9 Å². The third kappa shape index (κ3) is 4.23. The van der Waals surface area contributed by atoms with Gasteiger partial charge < -0.3 is 10.1 Å². The van der Waals surface area contributed by atoms with Crippen molar-refractivity contribution in [3.8, 4) is 16.3 Å². The summed E-state index contributed by atoms with van der Waals surface area (Å²) in [5.41, 5.74) is 2.98. The van der Waals surface area contributed by atoms with E-state index < -0.39 is 0 Å². The zero-order valence-corrected chi connectivity index (χ0v) is 17.3. The summed E-state index contributed by atoms with van der Waals surface area (Å²) >= 11 is 3.40. The van der Waals surface area contributed by atoms with Gasteiger partial charge in [-0.2, -0.15) is 0 Å². The van der Waals surface area contributed by atoms with E-state index in [0.29, 0.717) is 13.0 Å². The molecule has 4 rings (SSSR count). The Kier molecular flexibility index (Phi) is 5.98. The average molecular weight is 411 g/mol. The van der Waals surface area contributed by atoms with E-state index in [4.69, 9.17) is 4.74 Å². The summed E-state index contributed by atoms with van der Waals surface area (Å²) in [4.78, 5) is 18.6. The Morgan fingerprint density at radius 1 is 1.21 bits per heavy atom. The number of benzene rings is 2. The van der Waals surface area contributed by atoms with Crippen LogP contribution in [0.15, 0.2) is 58.8 Å². The van der Waals surface area contributed by atoms with Gasteiger partial charge in [0.1, 0.15) is 10.8 Å². The number of thioether (sulfide) groups is 1. The summed E-state index contributed by atoms with van der Waals surface area (Å²) in [6, 6.07) is 16.3. The van der Waals surface area contributed by atoms with Crippen molar-refractivity contribution < 1.29 is 9.53 Å². The third-order valence-electron chi connectivity index (χ3n) is 4.60. The van der Waals surface area contributed by atoms with Crippen LogP contribution in [0.1, 0.15) is 30.6 Å². The topological polar surface area (TPSA) is 51.2 Å². The quantitative estimate of drug-likeness (QED) is 0.614. The molecule has 0 saturated carbocycles. The van der Waals surface area contributed by atoms with Gasteiger partial charge in [0.25, 0.3) is 0 Å². The van der Waals surface area contributed by atoms with Crippen molar-refractivity contribution in [2.75, 3.05) is 12.4 Å². The molecule has 0 saturated heterocycles. The minimum atomic E-state index is 0.0154. The Hall–Kier alpha value is -2.31. The van der Waals surface area contributed by atoms with Crippen LogP contribution in [-0.2, 0) is 11.2 Å². The molecule has 0 spiro atoms. The average Bonchev–Trinajstić information content (AvgIpc) is 3.17. The van der Waals surface area contributed by atoms with Crippen LogP contribution in [0.5, 0.6) is 5.75 Å². The Bertz CT molecular complexity index is 970. The van der Waals surface area contributed by atoms with Crippen LogP contribution >= 0.6 is 23.1 Å². The zero-order valence-electron chi connectivity index (χ0n) is 15.7. The SMILES string of the molecule is CCOc1ccccc1-c1nc(CC(=O)NC2CCSc3ccccc32)cs1. The number of rotatable bonds is 6. The molecule has 6 heteroatoms. The fraction of sp³-hybridized carbons (Fsp3) is 0.273. The number of para-hydroxylation sites is 1. The van der Waals surface area contributed by atoms with Crippen LogP contribution in [0.4, 0.5) is 0 Å². The number of carbonyl (C=O) groups excluding carboxylic acids is 1. The smallest absolute Gasteiger partial charge is 0.226 e. The van der Waals surface area contributed by atoms with Gasteiger partial charge in [-0.15, -0.1) is 23.1 Å². The maximum atomic E-state index is 12.6. The van der Waals surface area contributed by atoms with Crippen molar-refractivity contribution in [2.24, 2.45) is 0 Å². The molecule has 1 aliphatic heterocycles. The highest BCUT2D eigenvalue weighted by Gasteiger charge is 2.22. The molecular weight excluding hydrogens is 388 g/mol. The molecule has 3 aromatic rings. The van der Waals surface area contributed by atoms with Gasteiger partial charge in [0.2, 0.25) is 5.91 Å². The number of nitrogens with zero attached hydrogens (tertiary/aromatic N) is 1. The summed E-state index contributed by atoms with van der Waals surface area (Å²) < 4.78 is 5.70. The largest absolute Gasteiger partial charge is 0.493 e. The predicted molar refractivity (Wildman–Crippen MR) is 115 cm³/mol. The van der Waals surface area contributed by atoms with Gasteiger partial charge in [-0.3, -0.25) is 4.79 Å². The molecule has 2 heterocycles. The van der Waals surface area contributed by atoms with Crippen molar-refractivity contribution in [2.45, 2.75) is 30.7 Å². The first-order valence-corrected chi connectivity index (χ1v) is 11.3. The maximum absolute atomic E-state index is 12.6. The number of nitrogens with one attached hydrogen (secondary N) is 1. The zero-order chi connectivity index (χ0) is 19.3. The third-order valence-corrected chi connectivity index (χ3v) is 6.65. The van der Waals surface area contributed by atoms with Gasteiger partial charge in [0, 0.05) is 16.0 Å². The molecule has 1 aromatic heterocycles. The van der Waals surface area contributed by atoms with E-state index in [0.717, 1.165) is 34.2 Å². The molecule has 0 fully saturated rings. The fourth-order valence-corrected chi connectivity index (χ4v) is 5.31. The lowest BCUT2D eigenvalue weighted by Gasteiger charge is -2.25. The molecule has 1 N–H and O–H groups in total. The molecule has 2 aromatic carbocycles. The number of amides is 1.